The minimum atomic E-state index is 0.910. The molecule has 0 spiro atoms. The topological polar surface area (TPSA) is 14.2 Å². The van der Waals surface area contributed by atoms with E-state index < -0.39 is 0 Å². The van der Waals surface area contributed by atoms with Gasteiger partial charge in [-0.3, -0.25) is 0 Å². The van der Waals surface area contributed by atoms with Crippen molar-refractivity contribution in [2.75, 3.05) is 7.11 Å². The van der Waals surface area contributed by atoms with Crippen LogP contribution in [0.5, 0.6) is 5.75 Å². The molecule has 0 saturated carbocycles. The first-order valence-corrected chi connectivity index (χ1v) is 5.39. The van der Waals surface area contributed by atoms with E-state index in [0.29, 0.717) is 0 Å². The van der Waals surface area contributed by atoms with E-state index in [0.717, 1.165) is 12.2 Å². The van der Waals surface area contributed by atoms with Gasteiger partial charge in [0.1, 0.15) is 5.75 Å². The van der Waals surface area contributed by atoms with Crippen molar-refractivity contribution in [2.45, 2.75) is 6.42 Å². The number of hydrogen-bond acceptors (Lipinski definition) is 1. The molecule has 1 aliphatic rings. The fourth-order valence-electron chi connectivity index (χ4n) is 2.13. The van der Waals surface area contributed by atoms with Crippen molar-refractivity contribution in [3.8, 4) is 5.75 Å². The van der Waals surface area contributed by atoms with E-state index in [2.05, 4.69) is 47.2 Å². The van der Waals surface area contributed by atoms with Crippen molar-refractivity contribution in [2.24, 2.45) is 0 Å². The second-order valence-electron chi connectivity index (χ2n) is 3.90. The number of nitrogens with zero attached hydrogens (tertiary/aromatic N) is 1. The molecule has 0 unspecified atom stereocenters. The number of ether oxygens (including phenoxy) is 1. The molecule has 2 nitrogen and oxygen atoms in total. The Kier molecular flexibility index (Phi) is 2.07. The predicted molar refractivity (Wildman–Crippen MR) is 66.7 cm³/mol. The summed E-state index contributed by atoms with van der Waals surface area (Å²) >= 11 is 0. The van der Waals surface area contributed by atoms with Crippen molar-refractivity contribution in [3.05, 3.63) is 48.2 Å². The highest BCUT2D eigenvalue weighted by Gasteiger charge is 2.07. The van der Waals surface area contributed by atoms with Gasteiger partial charge in [0.15, 0.2) is 0 Å². The van der Waals surface area contributed by atoms with Crippen molar-refractivity contribution < 1.29 is 4.74 Å². The molecule has 0 atom stereocenters. The van der Waals surface area contributed by atoms with E-state index in [1.165, 1.54) is 16.6 Å². The van der Waals surface area contributed by atoms with E-state index in [9.17, 15) is 0 Å². The summed E-state index contributed by atoms with van der Waals surface area (Å²) in [6.45, 7) is 0. The standard InChI is InChI=1S/C14H13NO/c1-16-13-6-7-14-11(10-13)9-12-5-3-2-4-8-15(12)14/h2-4,6-10H,5H2,1H3. The molecule has 0 fully saturated rings. The third kappa shape index (κ3) is 1.34. The Morgan fingerprint density at radius 3 is 3.00 bits per heavy atom. The lowest BCUT2D eigenvalue weighted by molar-refractivity contribution is 0.415. The molecule has 0 bridgehead atoms. The van der Waals surface area contributed by atoms with Gasteiger partial charge in [-0.15, -0.1) is 0 Å². The summed E-state index contributed by atoms with van der Waals surface area (Å²) in [5.74, 6) is 0.910. The third-order valence-electron chi connectivity index (χ3n) is 2.94. The summed E-state index contributed by atoms with van der Waals surface area (Å²) in [5.41, 5.74) is 2.55. The van der Waals surface area contributed by atoms with Crippen LogP contribution < -0.4 is 4.74 Å². The number of allylic oxidation sites excluding steroid dienone is 3. The quantitative estimate of drug-likeness (QED) is 0.706. The van der Waals surface area contributed by atoms with E-state index in [1.807, 2.05) is 6.07 Å². The zero-order valence-corrected chi connectivity index (χ0v) is 9.18. The second kappa shape index (κ2) is 3.56. The smallest absolute Gasteiger partial charge is 0.119 e. The molecule has 0 aliphatic carbocycles. The van der Waals surface area contributed by atoms with E-state index >= 15 is 0 Å². The lowest BCUT2D eigenvalue weighted by atomic mass is 10.2. The summed E-state index contributed by atoms with van der Waals surface area (Å²) in [4.78, 5) is 0. The van der Waals surface area contributed by atoms with Crippen molar-refractivity contribution in [1.29, 1.82) is 0 Å². The zero-order valence-electron chi connectivity index (χ0n) is 9.18. The first-order chi connectivity index (χ1) is 7.88. The van der Waals surface area contributed by atoms with Gasteiger partial charge in [0.25, 0.3) is 0 Å². The number of benzene rings is 1. The molecule has 80 valence electrons. The largest absolute Gasteiger partial charge is 0.497 e. The van der Waals surface area contributed by atoms with Crippen molar-refractivity contribution >= 4 is 17.1 Å². The van der Waals surface area contributed by atoms with Crippen LogP contribution in [-0.4, -0.2) is 11.7 Å². The third-order valence-corrected chi connectivity index (χ3v) is 2.94. The number of methoxy groups -OCH3 is 1. The molecule has 3 rings (SSSR count). The molecule has 0 radical (unpaired) electrons. The van der Waals surface area contributed by atoms with Gasteiger partial charge in [-0.25, -0.2) is 0 Å². The Bertz CT molecular complexity index is 590. The lowest BCUT2D eigenvalue weighted by Gasteiger charge is -2.02. The number of rotatable bonds is 1. The minimum absolute atomic E-state index is 0.910. The van der Waals surface area contributed by atoms with Crippen molar-refractivity contribution in [1.82, 2.24) is 4.57 Å². The van der Waals surface area contributed by atoms with E-state index in [-0.39, 0.29) is 0 Å². The van der Waals surface area contributed by atoms with Gasteiger partial charge in [-0.05, 0) is 30.3 Å². The zero-order chi connectivity index (χ0) is 11.0. The monoisotopic (exact) mass is 211 g/mol. The molecular formula is C14H13NO. The molecule has 2 heterocycles. The van der Waals surface area contributed by atoms with Crippen LogP contribution in [0.15, 0.2) is 42.5 Å². The van der Waals surface area contributed by atoms with Crippen LogP contribution >= 0.6 is 0 Å². The SMILES string of the molecule is COc1ccc2c(c1)cc1n2C=CC=CC1. The maximum absolute atomic E-state index is 5.24. The fraction of sp³-hybridized carbons (Fsp3) is 0.143. The van der Waals surface area contributed by atoms with Crippen LogP contribution in [0.4, 0.5) is 0 Å². The maximum Gasteiger partial charge on any atom is 0.119 e. The maximum atomic E-state index is 5.24. The summed E-state index contributed by atoms with van der Waals surface area (Å²) in [5, 5.41) is 1.23. The number of hydrogen-bond donors (Lipinski definition) is 0. The summed E-state index contributed by atoms with van der Waals surface area (Å²) in [7, 11) is 1.70. The molecule has 0 saturated heterocycles. The summed E-state index contributed by atoms with van der Waals surface area (Å²) in [6, 6.07) is 8.40. The highest BCUT2D eigenvalue weighted by molar-refractivity contribution is 5.85. The first kappa shape index (κ1) is 9.28. The average Bonchev–Trinajstić information content (AvgIpc) is 2.50. The van der Waals surface area contributed by atoms with Crippen LogP contribution in [-0.2, 0) is 6.42 Å². The molecule has 16 heavy (non-hydrogen) atoms. The van der Waals surface area contributed by atoms with Crippen molar-refractivity contribution in [3.63, 3.8) is 0 Å². The molecule has 1 aromatic carbocycles. The molecule has 2 aromatic rings. The van der Waals surface area contributed by atoms with Crippen LogP contribution in [0.1, 0.15) is 5.69 Å². The second-order valence-corrected chi connectivity index (χ2v) is 3.90. The number of fused-ring (bicyclic) bond motifs is 3. The molecule has 0 amide bonds. The van der Waals surface area contributed by atoms with E-state index in [4.69, 9.17) is 4.74 Å². The Morgan fingerprint density at radius 1 is 1.19 bits per heavy atom. The molecule has 2 heteroatoms. The van der Waals surface area contributed by atoms with Gasteiger partial charge in [-0.1, -0.05) is 12.2 Å². The first-order valence-electron chi connectivity index (χ1n) is 5.39. The predicted octanol–water partition coefficient (Wildman–Crippen LogP) is 3.23. The average molecular weight is 211 g/mol. The van der Waals surface area contributed by atoms with Gasteiger partial charge < -0.3 is 9.30 Å². The number of aromatic nitrogens is 1. The fourth-order valence-corrected chi connectivity index (χ4v) is 2.13. The Balaban J connectivity index is 2.26. The highest BCUT2D eigenvalue weighted by Crippen LogP contribution is 2.26. The Hall–Kier alpha value is -1.96. The summed E-state index contributed by atoms with van der Waals surface area (Å²) < 4.78 is 7.47. The van der Waals surface area contributed by atoms with Gasteiger partial charge >= 0.3 is 0 Å². The molecular weight excluding hydrogens is 198 g/mol. The Labute approximate surface area is 94.5 Å². The van der Waals surface area contributed by atoms with Gasteiger partial charge in [0.05, 0.1) is 12.6 Å². The van der Waals surface area contributed by atoms with Crippen LogP contribution in [0.25, 0.3) is 17.1 Å². The van der Waals surface area contributed by atoms with Gasteiger partial charge in [0, 0.05) is 23.7 Å². The molecule has 1 aromatic heterocycles. The Morgan fingerprint density at radius 2 is 2.12 bits per heavy atom. The normalized spacial score (nSPS) is 13.8. The van der Waals surface area contributed by atoms with Crippen LogP contribution in [0.2, 0.25) is 0 Å². The highest BCUT2D eigenvalue weighted by atomic mass is 16.5. The van der Waals surface area contributed by atoms with Crippen LogP contribution in [0.3, 0.4) is 0 Å². The molecule has 1 aliphatic heterocycles. The molecule has 0 N–H and O–H groups in total. The van der Waals surface area contributed by atoms with Gasteiger partial charge in [0.2, 0.25) is 0 Å². The summed E-state index contributed by atoms with van der Waals surface area (Å²) in [6.07, 6.45) is 9.41. The lowest BCUT2D eigenvalue weighted by Crippen LogP contribution is -1.91. The van der Waals surface area contributed by atoms with E-state index in [1.54, 1.807) is 7.11 Å². The van der Waals surface area contributed by atoms with Gasteiger partial charge in [-0.2, -0.15) is 0 Å². The minimum Gasteiger partial charge on any atom is -0.497 e. The van der Waals surface area contributed by atoms with Crippen LogP contribution in [0, 0.1) is 0 Å².